The summed E-state index contributed by atoms with van der Waals surface area (Å²) in [5.41, 5.74) is 1.15. The fourth-order valence-corrected chi connectivity index (χ4v) is 4.99. The van der Waals surface area contributed by atoms with Crippen LogP contribution in [0.25, 0.3) is 10.9 Å². The van der Waals surface area contributed by atoms with Crippen molar-refractivity contribution in [3.63, 3.8) is 0 Å². The van der Waals surface area contributed by atoms with Crippen LogP contribution in [0.15, 0.2) is 48.5 Å². The SMILES string of the molecule is COc1ccccc1OCCCCN1CCC(c2snc3ccccc23)CC1. The molecule has 148 valence electrons. The Bertz CT molecular complexity index is 887. The zero-order valence-electron chi connectivity index (χ0n) is 16.5. The Hall–Kier alpha value is -2.11. The van der Waals surface area contributed by atoms with Crippen LogP contribution in [-0.2, 0) is 0 Å². The molecular formula is C23H28N2O2S. The lowest BCUT2D eigenvalue weighted by Gasteiger charge is -2.31. The Morgan fingerprint density at radius 2 is 1.75 bits per heavy atom. The molecule has 0 bridgehead atoms. The highest BCUT2D eigenvalue weighted by Crippen LogP contribution is 2.35. The summed E-state index contributed by atoms with van der Waals surface area (Å²) in [6, 6.07) is 16.4. The molecule has 1 fully saturated rings. The van der Waals surface area contributed by atoms with E-state index in [0.29, 0.717) is 5.92 Å². The van der Waals surface area contributed by atoms with Crippen LogP contribution in [0.1, 0.15) is 36.5 Å². The van der Waals surface area contributed by atoms with Gasteiger partial charge in [0.25, 0.3) is 0 Å². The van der Waals surface area contributed by atoms with Crippen LogP contribution in [0, 0.1) is 0 Å². The number of para-hydroxylation sites is 2. The Morgan fingerprint density at radius 3 is 2.57 bits per heavy atom. The molecule has 4 nitrogen and oxygen atoms in total. The normalized spacial score (nSPS) is 15.8. The van der Waals surface area contributed by atoms with Crippen molar-refractivity contribution >= 4 is 22.4 Å². The Kier molecular flexibility index (Phi) is 6.45. The third-order valence-corrected chi connectivity index (χ3v) is 6.60. The van der Waals surface area contributed by atoms with Crippen LogP contribution in [0.3, 0.4) is 0 Å². The molecule has 0 radical (unpaired) electrons. The number of likely N-dealkylation sites (tertiary alicyclic amines) is 1. The summed E-state index contributed by atoms with van der Waals surface area (Å²) in [4.78, 5) is 4.09. The van der Waals surface area contributed by atoms with Crippen molar-refractivity contribution in [2.75, 3.05) is 33.4 Å². The van der Waals surface area contributed by atoms with Crippen molar-refractivity contribution < 1.29 is 9.47 Å². The highest BCUT2D eigenvalue weighted by molar-refractivity contribution is 7.07. The van der Waals surface area contributed by atoms with Crippen LogP contribution in [-0.4, -0.2) is 42.6 Å². The molecule has 1 aliphatic heterocycles. The third kappa shape index (κ3) is 4.47. The number of methoxy groups -OCH3 is 1. The van der Waals surface area contributed by atoms with Gasteiger partial charge in [0.15, 0.2) is 11.5 Å². The van der Waals surface area contributed by atoms with E-state index in [1.165, 1.54) is 42.6 Å². The van der Waals surface area contributed by atoms with Gasteiger partial charge in [-0.15, -0.1) is 0 Å². The number of hydrogen-bond donors (Lipinski definition) is 0. The summed E-state index contributed by atoms with van der Waals surface area (Å²) in [6.45, 7) is 4.27. The molecule has 1 saturated heterocycles. The number of ether oxygens (including phenoxy) is 2. The predicted molar refractivity (Wildman–Crippen MR) is 116 cm³/mol. The van der Waals surface area contributed by atoms with Crippen LogP contribution < -0.4 is 9.47 Å². The number of unbranched alkanes of at least 4 members (excludes halogenated alkanes) is 1. The molecule has 2 heterocycles. The van der Waals surface area contributed by atoms with E-state index in [1.54, 1.807) is 18.6 Å². The molecule has 0 N–H and O–H groups in total. The van der Waals surface area contributed by atoms with E-state index < -0.39 is 0 Å². The quantitative estimate of drug-likeness (QED) is 0.481. The summed E-state index contributed by atoms with van der Waals surface area (Å²) < 4.78 is 15.8. The van der Waals surface area contributed by atoms with E-state index in [9.17, 15) is 0 Å². The number of piperidine rings is 1. The van der Waals surface area contributed by atoms with Gasteiger partial charge in [-0.25, -0.2) is 0 Å². The molecule has 0 amide bonds. The van der Waals surface area contributed by atoms with Gasteiger partial charge >= 0.3 is 0 Å². The number of aromatic nitrogens is 1. The van der Waals surface area contributed by atoms with Gasteiger partial charge in [-0.05, 0) is 81.0 Å². The first-order valence-electron chi connectivity index (χ1n) is 10.2. The van der Waals surface area contributed by atoms with E-state index >= 15 is 0 Å². The summed E-state index contributed by atoms with van der Waals surface area (Å²) in [6.07, 6.45) is 4.72. The van der Waals surface area contributed by atoms with Crippen molar-refractivity contribution in [2.24, 2.45) is 0 Å². The van der Waals surface area contributed by atoms with Crippen molar-refractivity contribution in [2.45, 2.75) is 31.6 Å². The van der Waals surface area contributed by atoms with E-state index in [4.69, 9.17) is 9.47 Å². The zero-order chi connectivity index (χ0) is 19.2. The minimum Gasteiger partial charge on any atom is -0.493 e. The Labute approximate surface area is 171 Å². The second-order valence-electron chi connectivity index (χ2n) is 7.39. The number of hydrogen-bond acceptors (Lipinski definition) is 5. The predicted octanol–water partition coefficient (Wildman–Crippen LogP) is 5.34. The Morgan fingerprint density at radius 1 is 1.00 bits per heavy atom. The van der Waals surface area contributed by atoms with Crippen molar-refractivity contribution in [3.05, 3.63) is 53.4 Å². The molecule has 28 heavy (non-hydrogen) atoms. The zero-order valence-corrected chi connectivity index (χ0v) is 17.3. The molecule has 0 atom stereocenters. The molecular weight excluding hydrogens is 368 g/mol. The van der Waals surface area contributed by atoms with Crippen molar-refractivity contribution in [1.82, 2.24) is 9.27 Å². The molecule has 1 aliphatic rings. The van der Waals surface area contributed by atoms with E-state index in [0.717, 1.165) is 36.6 Å². The maximum absolute atomic E-state index is 5.88. The average molecular weight is 397 g/mol. The summed E-state index contributed by atoms with van der Waals surface area (Å²) in [5.74, 6) is 2.31. The molecule has 3 aromatic rings. The largest absolute Gasteiger partial charge is 0.493 e. The van der Waals surface area contributed by atoms with Gasteiger partial charge in [-0.2, -0.15) is 4.37 Å². The Balaban J connectivity index is 1.18. The van der Waals surface area contributed by atoms with Gasteiger partial charge < -0.3 is 14.4 Å². The van der Waals surface area contributed by atoms with Gasteiger partial charge in [-0.1, -0.05) is 30.3 Å². The number of fused-ring (bicyclic) bond motifs is 1. The maximum Gasteiger partial charge on any atom is 0.161 e. The van der Waals surface area contributed by atoms with Crippen LogP contribution in [0.2, 0.25) is 0 Å². The third-order valence-electron chi connectivity index (χ3n) is 5.57. The maximum atomic E-state index is 5.88. The lowest BCUT2D eigenvalue weighted by Crippen LogP contribution is -2.33. The monoisotopic (exact) mass is 396 g/mol. The summed E-state index contributed by atoms with van der Waals surface area (Å²) >= 11 is 1.70. The van der Waals surface area contributed by atoms with E-state index in [2.05, 4.69) is 33.5 Å². The van der Waals surface area contributed by atoms with Gasteiger partial charge in [-0.3, -0.25) is 0 Å². The number of nitrogens with zero attached hydrogens (tertiary/aromatic N) is 2. The topological polar surface area (TPSA) is 34.6 Å². The van der Waals surface area contributed by atoms with Crippen LogP contribution in [0.4, 0.5) is 0 Å². The molecule has 4 rings (SSSR count). The fraction of sp³-hybridized carbons (Fsp3) is 0.435. The minimum atomic E-state index is 0.669. The molecule has 0 aliphatic carbocycles. The van der Waals surface area contributed by atoms with Gasteiger partial charge in [0.2, 0.25) is 0 Å². The number of benzene rings is 2. The lowest BCUT2D eigenvalue weighted by molar-refractivity contribution is 0.202. The highest BCUT2D eigenvalue weighted by Gasteiger charge is 2.23. The molecule has 2 aromatic carbocycles. The summed E-state index contributed by atoms with van der Waals surface area (Å²) in [5, 5.41) is 1.36. The van der Waals surface area contributed by atoms with Gasteiger partial charge in [0.05, 0.1) is 19.2 Å². The molecule has 1 aromatic heterocycles. The summed E-state index contributed by atoms with van der Waals surface area (Å²) in [7, 11) is 1.68. The first-order valence-corrected chi connectivity index (χ1v) is 10.9. The second kappa shape index (κ2) is 9.39. The molecule has 0 unspecified atom stereocenters. The number of rotatable bonds is 8. The highest BCUT2D eigenvalue weighted by atomic mass is 32.1. The van der Waals surface area contributed by atoms with E-state index in [-0.39, 0.29) is 0 Å². The van der Waals surface area contributed by atoms with Crippen LogP contribution in [0.5, 0.6) is 11.5 Å². The van der Waals surface area contributed by atoms with Gasteiger partial charge in [0.1, 0.15) is 0 Å². The average Bonchev–Trinajstić information content (AvgIpc) is 3.18. The second-order valence-corrected chi connectivity index (χ2v) is 8.19. The minimum absolute atomic E-state index is 0.669. The van der Waals surface area contributed by atoms with E-state index in [1.807, 2.05) is 24.3 Å². The van der Waals surface area contributed by atoms with Crippen molar-refractivity contribution in [1.29, 1.82) is 0 Å². The first-order chi connectivity index (χ1) is 13.8. The van der Waals surface area contributed by atoms with Crippen LogP contribution >= 0.6 is 11.5 Å². The standard InChI is InChI=1S/C23H28N2O2S/c1-26-21-10-4-5-11-22(21)27-17-7-6-14-25-15-12-18(13-16-25)23-19-8-2-3-9-20(19)24-28-23/h2-5,8-11,18H,6-7,12-17H2,1H3. The van der Waals surface area contributed by atoms with Crippen molar-refractivity contribution in [3.8, 4) is 11.5 Å². The molecule has 5 heteroatoms. The molecule has 0 saturated carbocycles. The lowest BCUT2D eigenvalue weighted by atomic mass is 9.93. The fourth-order valence-electron chi connectivity index (χ4n) is 3.98. The van der Waals surface area contributed by atoms with Gasteiger partial charge in [0, 0.05) is 10.3 Å². The first kappa shape index (κ1) is 19.2. The molecule has 0 spiro atoms. The smallest absolute Gasteiger partial charge is 0.161 e.